The van der Waals surface area contributed by atoms with E-state index in [1.165, 1.54) is 0 Å². The smallest absolute Gasteiger partial charge is 0.231 e. The third-order valence-corrected chi connectivity index (χ3v) is 1.80. The molecule has 14 heavy (non-hydrogen) atoms. The Kier molecular flexibility index (Phi) is 6.87. The molecular formula is C11H20N2O. The molecule has 0 heterocycles. The van der Waals surface area contributed by atoms with E-state index in [-0.39, 0.29) is 5.91 Å². The molecular weight excluding hydrogens is 176 g/mol. The Morgan fingerprint density at radius 1 is 1.57 bits per heavy atom. The minimum Gasteiger partial charge on any atom is -0.369 e. The van der Waals surface area contributed by atoms with Crippen LogP contribution in [-0.4, -0.2) is 30.4 Å². The third kappa shape index (κ3) is 7.63. The zero-order valence-corrected chi connectivity index (χ0v) is 9.12. The van der Waals surface area contributed by atoms with Crippen molar-refractivity contribution in [3.63, 3.8) is 0 Å². The first-order valence-corrected chi connectivity index (χ1v) is 5.00. The summed E-state index contributed by atoms with van der Waals surface area (Å²) in [5.41, 5.74) is 5.15. The second-order valence-corrected chi connectivity index (χ2v) is 3.90. The number of hydrogen-bond donors (Lipinski definition) is 1. The summed E-state index contributed by atoms with van der Waals surface area (Å²) in [4.78, 5) is 12.8. The molecule has 0 unspecified atom stereocenters. The van der Waals surface area contributed by atoms with Gasteiger partial charge >= 0.3 is 0 Å². The summed E-state index contributed by atoms with van der Waals surface area (Å²) in [5, 5.41) is 0. The van der Waals surface area contributed by atoms with Crippen LogP contribution in [0.25, 0.3) is 0 Å². The monoisotopic (exact) mass is 196 g/mol. The van der Waals surface area contributed by atoms with Gasteiger partial charge in [0.05, 0.1) is 6.54 Å². The van der Waals surface area contributed by atoms with Crippen LogP contribution >= 0.6 is 0 Å². The van der Waals surface area contributed by atoms with Crippen LogP contribution in [0.15, 0.2) is 0 Å². The number of carbonyl (C=O) groups is 1. The highest BCUT2D eigenvalue weighted by Crippen LogP contribution is 2.00. The zero-order valence-electron chi connectivity index (χ0n) is 9.12. The molecule has 3 nitrogen and oxygen atoms in total. The molecule has 0 aromatic carbocycles. The molecule has 0 aliphatic rings. The molecule has 1 amide bonds. The molecule has 0 fully saturated rings. The molecule has 0 saturated heterocycles. The van der Waals surface area contributed by atoms with Gasteiger partial charge in [-0.1, -0.05) is 13.8 Å². The zero-order chi connectivity index (χ0) is 11.0. The summed E-state index contributed by atoms with van der Waals surface area (Å²) in [7, 11) is 0. The lowest BCUT2D eigenvalue weighted by Crippen LogP contribution is -2.36. The summed E-state index contributed by atoms with van der Waals surface area (Å²) in [5.74, 6) is 2.86. The van der Waals surface area contributed by atoms with E-state index in [4.69, 9.17) is 12.2 Å². The number of nitrogens with zero attached hydrogens (tertiary/aromatic N) is 1. The predicted octanol–water partition coefficient (Wildman–Crippen LogP) is 0.843. The standard InChI is InChI=1S/C11H20N2O/c1-4-5-6-7-13(8-10(2)3)9-11(12)14/h1,10H,5-9H2,2-3H3,(H2,12,14). The van der Waals surface area contributed by atoms with Crippen molar-refractivity contribution in [2.45, 2.75) is 26.7 Å². The van der Waals surface area contributed by atoms with E-state index in [1.807, 2.05) is 0 Å². The highest BCUT2D eigenvalue weighted by atomic mass is 16.1. The van der Waals surface area contributed by atoms with Crippen LogP contribution in [0.1, 0.15) is 26.7 Å². The Hall–Kier alpha value is -1.01. The molecule has 0 saturated carbocycles. The van der Waals surface area contributed by atoms with Gasteiger partial charge in [0.1, 0.15) is 0 Å². The Morgan fingerprint density at radius 2 is 2.21 bits per heavy atom. The van der Waals surface area contributed by atoms with Crippen LogP contribution in [0.2, 0.25) is 0 Å². The van der Waals surface area contributed by atoms with Crippen LogP contribution in [0.5, 0.6) is 0 Å². The average Bonchev–Trinajstić information content (AvgIpc) is 2.02. The Bertz CT molecular complexity index is 206. The molecule has 0 aliphatic carbocycles. The van der Waals surface area contributed by atoms with Crippen molar-refractivity contribution in [2.75, 3.05) is 19.6 Å². The SMILES string of the molecule is C#CCCCN(CC(N)=O)CC(C)C. The van der Waals surface area contributed by atoms with E-state index < -0.39 is 0 Å². The maximum Gasteiger partial charge on any atom is 0.231 e. The van der Waals surface area contributed by atoms with E-state index >= 15 is 0 Å². The number of unbranched alkanes of at least 4 members (excludes halogenated alkanes) is 1. The largest absolute Gasteiger partial charge is 0.369 e. The van der Waals surface area contributed by atoms with Crippen molar-refractivity contribution in [2.24, 2.45) is 11.7 Å². The topological polar surface area (TPSA) is 46.3 Å². The number of terminal acetylenes is 1. The van der Waals surface area contributed by atoms with Gasteiger partial charge in [-0.25, -0.2) is 0 Å². The molecule has 3 heteroatoms. The molecule has 0 bridgehead atoms. The van der Waals surface area contributed by atoms with E-state index in [1.54, 1.807) is 0 Å². The van der Waals surface area contributed by atoms with Gasteiger partial charge in [0, 0.05) is 13.0 Å². The summed E-state index contributed by atoms with van der Waals surface area (Å²) >= 11 is 0. The summed E-state index contributed by atoms with van der Waals surface area (Å²) in [6.45, 7) is 6.33. The number of carbonyl (C=O) groups excluding carboxylic acids is 1. The number of amides is 1. The predicted molar refractivity (Wildman–Crippen MR) is 58.5 cm³/mol. The summed E-state index contributed by atoms with van der Waals surface area (Å²) in [6.07, 6.45) is 6.84. The third-order valence-electron chi connectivity index (χ3n) is 1.80. The number of primary amides is 1. The molecule has 0 rings (SSSR count). The molecule has 0 aromatic heterocycles. The summed E-state index contributed by atoms with van der Waals surface area (Å²) in [6, 6.07) is 0. The molecule has 0 spiro atoms. The van der Waals surface area contributed by atoms with Gasteiger partial charge in [0.2, 0.25) is 5.91 Å². The highest BCUT2D eigenvalue weighted by molar-refractivity contribution is 5.75. The van der Waals surface area contributed by atoms with Crippen molar-refractivity contribution < 1.29 is 4.79 Å². The van der Waals surface area contributed by atoms with Gasteiger partial charge in [-0.15, -0.1) is 12.3 Å². The minimum absolute atomic E-state index is 0.272. The van der Waals surface area contributed by atoms with Crippen molar-refractivity contribution in [1.82, 2.24) is 4.90 Å². The Morgan fingerprint density at radius 3 is 2.64 bits per heavy atom. The maximum atomic E-state index is 10.8. The molecule has 0 aliphatic heterocycles. The van der Waals surface area contributed by atoms with Crippen LogP contribution in [-0.2, 0) is 4.79 Å². The normalized spacial score (nSPS) is 10.5. The number of rotatable bonds is 7. The lowest BCUT2D eigenvalue weighted by atomic mass is 10.2. The van der Waals surface area contributed by atoms with Crippen molar-refractivity contribution >= 4 is 5.91 Å². The molecule has 80 valence electrons. The van der Waals surface area contributed by atoms with Crippen LogP contribution in [0, 0.1) is 18.3 Å². The quantitative estimate of drug-likeness (QED) is 0.484. The molecule has 0 radical (unpaired) electrons. The number of hydrogen-bond acceptors (Lipinski definition) is 2. The van der Waals surface area contributed by atoms with E-state index in [0.29, 0.717) is 12.5 Å². The van der Waals surface area contributed by atoms with Crippen molar-refractivity contribution in [3.05, 3.63) is 0 Å². The summed E-state index contributed by atoms with van der Waals surface area (Å²) < 4.78 is 0. The lowest BCUT2D eigenvalue weighted by Gasteiger charge is -2.22. The minimum atomic E-state index is -0.272. The van der Waals surface area contributed by atoms with Crippen LogP contribution in [0.3, 0.4) is 0 Å². The Balaban J connectivity index is 3.85. The van der Waals surface area contributed by atoms with Crippen molar-refractivity contribution in [3.8, 4) is 12.3 Å². The van der Waals surface area contributed by atoms with Crippen molar-refractivity contribution in [1.29, 1.82) is 0 Å². The van der Waals surface area contributed by atoms with Crippen LogP contribution in [0.4, 0.5) is 0 Å². The molecule has 0 aromatic rings. The maximum absolute atomic E-state index is 10.8. The first-order chi connectivity index (χ1) is 6.56. The number of nitrogens with two attached hydrogens (primary N) is 1. The van der Waals surface area contributed by atoms with Gasteiger partial charge in [0.25, 0.3) is 0 Å². The fraction of sp³-hybridized carbons (Fsp3) is 0.727. The van der Waals surface area contributed by atoms with E-state index in [0.717, 1.165) is 25.9 Å². The Labute approximate surface area is 86.6 Å². The molecule has 2 N–H and O–H groups in total. The molecule has 0 atom stereocenters. The second-order valence-electron chi connectivity index (χ2n) is 3.90. The first kappa shape index (κ1) is 13.0. The average molecular weight is 196 g/mol. The van der Waals surface area contributed by atoms with Gasteiger partial charge < -0.3 is 5.73 Å². The van der Waals surface area contributed by atoms with Gasteiger partial charge in [-0.3, -0.25) is 9.69 Å². The van der Waals surface area contributed by atoms with E-state index in [9.17, 15) is 4.79 Å². The van der Waals surface area contributed by atoms with Gasteiger partial charge in [0.15, 0.2) is 0 Å². The van der Waals surface area contributed by atoms with Gasteiger partial charge in [-0.2, -0.15) is 0 Å². The lowest BCUT2D eigenvalue weighted by molar-refractivity contribution is -0.119. The fourth-order valence-electron chi connectivity index (χ4n) is 1.38. The first-order valence-electron chi connectivity index (χ1n) is 5.00. The van der Waals surface area contributed by atoms with E-state index in [2.05, 4.69) is 24.7 Å². The highest BCUT2D eigenvalue weighted by Gasteiger charge is 2.09. The van der Waals surface area contributed by atoms with Gasteiger partial charge in [-0.05, 0) is 18.9 Å². The van der Waals surface area contributed by atoms with Crippen LogP contribution < -0.4 is 5.73 Å². The second kappa shape index (κ2) is 7.40. The fourth-order valence-corrected chi connectivity index (χ4v) is 1.38.